The maximum absolute atomic E-state index is 13.0. The van der Waals surface area contributed by atoms with E-state index in [9.17, 15) is 23.5 Å². The minimum atomic E-state index is -3.31. The van der Waals surface area contributed by atoms with E-state index in [2.05, 4.69) is 5.32 Å². The quantitative estimate of drug-likeness (QED) is 0.206. The first-order chi connectivity index (χ1) is 16.5. The summed E-state index contributed by atoms with van der Waals surface area (Å²) < 4.78 is 31.4. The fraction of sp³-hybridized carbons (Fsp3) is 0.458. The Morgan fingerprint density at radius 3 is 2.89 bits per heavy atom. The van der Waals surface area contributed by atoms with Crippen molar-refractivity contribution in [2.75, 3.05) is 19.8 Å². The van der Waals surface area contributed by atoms with Gasteiger partial charge in [-0.05, 0) is 37.1 Å². The number of amides is 1. The Balaban J connectivity index is 1.90. The fourth-order valence-electron chi connectivity index (χ4n) is 3.38. The van der Waals surface area contributed by atoms with Gasteiger partial charge in [-0.15, -0.1) is 0 Å². The summed E-state index contributed by atoms with van der Waals surface area (Å²) >= 11 is 0. The molecule has 1 fully saturated rings. The molecule has 1 aliphatic rings. The lowest BCUT2D eigenvalue weighted by Gasteiger charge is -2.35. The number of rotatable bonds is 11. The first-order valence-corrected chi connectivity index (χ1v) is 11.1. The molecule has 1 aromatic rings. The SMILES string of the molecule is CC(F)(F)C(O)NC(N)CC/C=C\C=C(/N)C(=O)C[C@H]1COCCN1C(=O)c1cccc(C#N)c1. The van der Waals surface area contributed by atoms with Gasteiger partial charge in [-0.1, -0.05) is 18.2 Å². The highest BCUT2D eigenvalue weighted by Crippen LogP contribution is 2.18. The van der Waals surface area contributed by atoms with Gasteiger partial charge in [0.25, 0.3) is 11.8 Å². The molecule has 1 heterocycles. The zero-order valence-corrected chi connectivity index (χ0v) is 19.5. The van der Waals surface area contributed by atoms with Gasteiger partial charge >= 0.3 is 0 Å². The average Bonchev–Trinajstić information content (AvgIpc) is 2.82. The maximum atomic E-state index is 13.0. The molecule has 11 heteroatoms. The van der Waals surface area contributed by atoms with Crippen molar-refractivity contribution in [3.8, 4) is 6.07 Å². The third kappa shape index (κ3) is 8.84. The molecular weight excluding hydrogens is 460 g/mol. The summed E-state index contributed by atoms with van der Waals surface area (Å²) in [5.74, 6) is -3.96. The zero-order chi connectivity index (χ0) is 26.0. The van der Waals surface area contributed by atoms with Crippen molar-refractivity contribution in [2.45, 2.75) is 50.5 Å². The number of ether oxygens (including phenoxy) is 1. The van der Waals surface area contributed by atoms with E-state index in [1.165, 1.54) is 12.1 Å². The van der Waals surface area contributed by atoms with Gasteiger partial charge in [0, 0.05) is 25.5 Å². The fourth-order valence-corrected chi connectivity index (χ4v) is 3.38. The minimum absolute atomic E-state index is 0.00540. The van der Waals surface area contributed by atoms with E-state index in [1.807, 2.05) is 6.07 Å². The summed E-state index contributed by atoms with van der Waals surface area (Å²) in [4.78, 5) is 27.1. The molecule has 0 radical (unpaired) electrons. The molecule has 0 saturated carbocycles. The number of nitrogens with two attached hydrogens (primary N) is 2. The second-order valence-electron chi connectivity index (χ2n) is 8.31. The summed E-state index contributed by atoms with van der Waals surface area (Å²) in [5.41, 5.74) is 12.3. The number of ketones is 1. The molecule has 0 aliphatic carbocycles. The van der Waals surface area contributed by atoms with Crippen LogP contribution >= 0.6 is 0 Å². The highest BCUT2D eigenvalue weighted by Gasteiger charge is 2.33. The molecule has 0 aromatic heterocycles. The molecule has 0 bridgehead atoms. The molecule has 1 amide bonds. The number of allylic oxidation sites excluding steroid dienone is 4. The summed E-state index contributed by atoms with van der Waals surface area (Å²) in [5, 5.41) is 20.6. The third-order valence-corrected chi connectivity index (χ3v) is 5.38. The van der Waals surface area contributed by atoms with E-state index < -0.39 is 24.4 Å². The number of halogens is 2. The molecule has 3 atom stereocenters. The zero-order valence-electron chi connectivity index (χ0n) is 19.5. The number of carbonyl (C=O) groups is 2. The predicted molar refractivity (Wildman–Crippen MR) is 125 cm³/mol. The van der Waals surface area contributed by atoms with Crippen molar-refractivity contribution >= 4 is 11.7 Å². The number of aliphatic hydroxyl groups is 1. The lowest BCUT2D eigenvalue weighted by Crippen LogP contribution is -2.51. The lowest BCUT2D eigenvalue weighted by molar-refractivity contribution is -0.118. The number of nitrogens with zero attached hydrogens (tertiary/aromatic N) is 2. The Kier molecular flexibility index (Phi) is 10.5. The Morgan fingerprint density at radius 1 is 1.46 bits per heavy atom. The van der Waals surface area contributed by atoms with Gasteiger partial charge in [-0.3, -0.25) is 14.9 Å². The van der Waals surface area contributed by atoms with Crippen molar-refractivity contribution in [2.24, 2.45) is 11.5 Å². The molecule has 1 aliphatic heterocycles. The first-order valence-electron chi connectivity index (χ1n) is 11.1. The number of nitrogens with one attached hydrogen (secondary N) is 1. The number of morpholine rings is 1. The molecule has 1 aromatic carbocycles. The van der Waals surface area contributed by atoms with E-state index in [0.717, 1.165) is 0 Å². The second kappa shape index (κ2) is 13.1. The monoisotopic (exact) mass is 491 g/mol. The van der Waals surface area contributed by atoms with Gasteiger partial charge in [0.2, 0.25) is 0 Å². The van der Waals surface area contributed by atoms with Crippen LogP contribution in [0.5, 0.6) is 0 Å². The highest BCUT2D eigenvalue weighted by atomic mass is 19.3. The Bertz CT molecular complexity index is 987. The number of alkyl halides is 2. The Morgan fingerprint density at radius 2 is 2.20 bits per heavy atom. The van der Waals surface area contributed by atoms with Crippen molar-refractivity contribution < 1.29 is 28.2 Å². The van der Waals surface area contributed by atoms with Gasteiger partial charge in [0.15, 0.2) is 12.0 Å². The molecule has 2 rings (SSSR count). The molecule has 1 saturated heterocycles. The van der Waals surface area contributed by atoms with E-state index in [0.29, 0.717) is 37.6 Å². The van der Waals surface area contributed by atoms with Crippen molar-refractivity contribution in [1.82, 2.24) is 10.2 Å². The van der Waals surface area contributed by atoms with Crippen LogP contribution in [-0.4, -0.2) is 65.8 Å². The van der Waals surface area contributed by atoms with Crippen LogP contribution in [0, 0.1) is 11.3 Å². The summed E-state index contributed by atoms with van der Waals surface area (Å²) in [7, 11) is 0. The molecule has 190 valence electrons. The average molecular weight is 492 g/mol. The van der Waals surface area contributed by atoms with Crippen LogP contribution in [0.1, 0.15) is 42.1 Å². The lowest BCUT2D eigenvalue weighted by atomic mass is 10.0. The van der Waals surface area contributed by atoms with Crippen LogP contribution in [0.4, 0.5) is 8.78 Å². The van der Waals surface area contributed by atoms with Gasteiger partial charge in [0.1, 0.15) is 0 Å². The van der Waals surface area contributed by atoms with Crippen LogP contribution in [0.3, 0.4) is 0 Å². The number of hydrogen-bond donors (Lipinski definition) is 4. The molecule has 9 nitrogen and oxygen atoms in total. The third-order valence-electron chi connectivity index (χ3n) is 5.38. The Labute approximate surface area is 203 Å². The number of benzene rings is 1. The summed E-state index contributed by atoms with van der Waals surface area (Å²) in [6, 6.07) is 7.85. The molecule has 2 unspecified atom stereocenters. The number of Topliss-reactive ketones (excluding diaryl/α,β-unsaturated/α-hetero) is 1. The van der Waals surface area contributed by atoms with Crippen LogP contribution < -0.4 is 16.8 Å². The smallest absolute Gasteiger partial charge is 0.283 e. The van der Waals surface area contributed by atoms with Crippen molar-refractivity contribution in [3.63, 3.8) is 0 Å². The van der Waals surface area contributed by atoms with Gasteiger partial charge in [-0.25, -0.2) is 8.78 Å². The Hall–Kier alpha value is -3.17. The highest BCUT2D eigenvalue weighted by molar-refractivity contribution is 5.97. The summed E-state index contributed by atoms with van der Waals surface area (Å²) in [6.07, 6.45) is 2.40. The minimum Gasteiger partial charge on any atom is -0.396 e. The van der Waals surface area contributed by atoms with Gasteiger partial charge in [-0.2, -0.15) is 5.26 Å². The number of hydrogen-bond acceptors (Lipinski definition) is 8. The molecule has 0 spiro atoms. The predicted octanol–water partition coefficient (Wildman–Crippen LogP) is 1.39. The van der Waals surface area contributed by atoms with Crippen LogP contribution in [0.25, 0.3) is 0 Å². The molecule has 6 N–H and O–H groups in total. The van der Waals surface area contributed by atoms with Crippen molar-refractivity contribution in [1.29, 1.82) is 5.26 Å². The number of nitriles is 1. The van der Waals surface area contributed by atoms with E-state index in [-0.39, 0.29) is 36.8 Å². The number of carbonyl (C=O) groups excluding carboxylic acids is 2. The normalized spacial score (nSPS) is 18.8. The van der Waals surface area contributed by atoms with E-state index in [1.54, 1.807) is 35.3 Å². The summed E-state index contributed by atoms with van der Waals surface area (Å²) in [6.45, 7) is 1.42. The van der Waals surface area contributed by atoms with Crippen LogP contribution in [-0.2, 0) is 9.53 Å². The van der Waals surface area contributed by atoms with Crippen molar-refractivity contribution in [3.05, 3.63) is 59.3 Å². The van der Waals surface area contributed by atoms with E-state index in [4.69, 9.17) is 21.5 Å². The van der Waals surface area contributed by atoms with Gasteiger partial charge < -0.3 is 26.2 Å². The first kappa shape index (κ1) is 28.1. The maximum Gasteiger partial charge on any atom is 0.283 e. The molecule has 35 heavy (non-hydrogen) atoms. The van der Waals surface area contributed by atoms with E-state index >= 15 is 0 Å². The molecular formula is C24H31F2N5O4. The topological polar surface area (TPSA) is 155 Å². The second-order valence-corrected chi connectivity index (χ2v) is 8.31. The van der Waals surface area contributed by atoms with Crippen LogP contribution in [0.15, 0.2) is 48.2 Å². The van der Waals surface area contributed by atoms with Crippen LogP contribution in [0.2, 0.25) is 0 Å². The number of aliphatic hydroxyl groups excluding tert-OH is 1. The standard InChI is InChI=1S/C24H31F2N5O4/c1-24(25,26)23(34)30-21(29)9-4-2-3-8-19(28)20(32)13-18-15-35-11-10-31(18)22(33)17-7-5-6-16(12-17)14-27/h2-3,5-8,12,18,21,23,30,34H,4,9-11,13,15,28-29H2,1H3/b3-2-,19-8-/t18-,21?,23?/m0/s1. The largest absolute Gasteiger partial charge is 0.396 e. The van der Waals surface area contributed by atoms with Gasteiger partial charge in [0.05, 0.1) is 42.8 Å².